The maximum Gasteiger partial charge on any atom is 0.425 e. The van der Waals surface area contributed by atoms with Crippen LogP contribution < -0.4 is 5.32 Å². The minimum atomic E-state index is -0.926. The van der Waals surface area contributed by atoms with Gasteiger partial charge in [0.05, 0.1) is 0 Å². The van der Waals surface area contributed by atoms with Crippen LogP contribution in [-0.4, -0.2) is 17.2 Å². The van der Waals surface area contributed by atoms with Gasteiger partial charge in [0.1, 0.15) is 6.34 Å². The van der Waals surface area contributed by atoms with Gasteiger partial charge < -0.3 is 10.1 Å². The van der Waals surface area contributed by atoms with Gasteiger partial charge in [-0.25, -0.2) is 5.32 Å². The minimum Gasteiger partial charge on any atom is -0.390 e. The molecule has 0 rings (SSSR count). The summed E-state index contributed by atoms with van der Waals surface area (Å²) in [7, 11) is 0. The van der Waals surface area contributed by atoms with Crippen molar-refractivity contribution in [1.82, 2.24) is 5.32 Å². The highest BCUT2D eigenvalue weighted by molar-refractivity contribution is 5.80. The molecule has 6 nitrogen and oxygen atoms in total. The molecule has 3 N–H and O–H groups in total. The fraction of sp³-hybridized carbons (Fsp3) is 0. The summed E-state index contributed by atoms with van der Waals surface area (Å²) in [6.07, 6.45) is 0.575. The molecule has 0 aliphatic carbocycles. The van der Waals surface area contributed by atoms with Crippen molar-refractivity contribution in [1.29, 1.82) is 10.8 Å². The topological polar surface area (TPSA) is 103 Å². The molecule has 0 saturated heterocycles. The Labute approximate surface area is 44.7 Å². The lowest BCUT2D eigenvalue weighted by Crippen LogP contribution is -2.27. The molecule has 0 aromatic carbocycles. The normalized spacial score (nSPS) is 7.50. The molecular weight excluding hydrogens is 112 g/mol. The predicted molar refractivity (Wildman–Crippen MR) is 26.6 cm³/mol. The van der Waals surface area contributed by atoms with Crippen molar-refractivity contribution in [3.63, 3.8) is 0 Å². The summed E-state index contributed by atoms with van der Waals surface area (Å²) in [6, 6.07) is 0. The van der Waals surface area contributed by atoms with Crippen LogP contribution in [0.2, 0.25) is 0 Å². The van der Waals surface area contributed by atoms with E-state index in [1.54, 1.807) is 5.32 Å². The molecule has 8 heavy (non-hydrogen) atoms. The number of hydrogen-bond donors (Lipinski definition) is 3. The van der Waals surface area contributed by atoms with Gasteiger partial charge in [0.2, 0.25) is 0 Å². The van der Waals surface area contributed by atoms with Gasteiger partial charge in [-0.3, -0.25) is 5.41 Å². The van der Waals surface area contributed by atoms with Crippen molar-refractivity contribution in [3.8, 4) is 0 Å². The number of nitrogens with zero attached hydrogens (tertiary/aromatic N) is 1. The van der Waals surface area contributed by atoms with Crippen LogP contribution in [0.15, 0.2) is 0 Å². The zero-order chi connectivity index (χ0) is 6.57. The van der Waals surface area contributed by atoms with Gasteiger partial charge in [-0.15, -0.1) is 5.41 Å². The van der Waals surface area contributed by atoms with Crippen molar-refractivity contribution >= 4 is 12.3 Å². The molecule has 0 aliphatic rings. The van der Waals surface area contributed by atoms with Crippen LogP contribution in [0.25, 0.3) is 0 Å². The van der Waals surface area contributed by atoms with E-state index in [1.165, 1.54) is 0 Å². The van der Waals surface area contributed by atoms with E-state index in [1.807, 2.05) is 0 Å². The van der Waals surface area contributed by atoms with Crippen LogP contribution in [0.1, 0.15) is 0 Å². The van der Waals surface area contributed by atoms with E-state index < -0.39 is 10.9 Å². The maximum absolute atomic E-state index is 9.50. The first-order valence-electron chi connectivity index (χ1n) is 1.67. The Bertz CT molecular complexity index is 130. The Balaban J connectivity index is 3.65. The van der Waals surface area contributed by atoms with E-state index >= 15 is 0 Å². The highest BCUT2D eigenvalue weighted by Crippen LogP contribution is 1.62. The van der Waals surface area contributed by atoms with Crippen LogP contribution in [-0.2, 0) is 0 Å². The van der Waals surface area contributed by atoms with Gasteiger partial charge in [-0.2, -0.15) is 0 Å². The predicted octanol–water partition coefficient (Wildman–Crippen LogP) is -0.605. The van der Waals surface area contributed by atoms with Crippen LogP contribution in [0.3, 0.4) is 0 Å². The molecule has 0 aliphatic heterocycles. The Kier molecular flexibility index (Phi) is 2.18. The lowest BCUT2D eigenvalue weighted by molar-refractivity contribution is -0.355. The molecule has 0 unspecified atom stereocenters. The second kappa shape index (κ2) is 2.67. The highest BCUT2D eigenvalue weighted by Gasteiger charge is 2.00. The summed E-state index contributed by atoms with van der Waals surface area (Å²) in [5.74, 6) is -0.889. The summed E-state index contributed by atoms with van der Waals surface area (Å²) in [5.41, 5.74) is 0. The summed E-state index contributed by atoms with van der Waals surface area (Å²) in [4.78, 5) is 8.58. The summed E-state index contributed by atoms with van der Waals surface area (Å²) < 4.78 is 0. The molecule has 0 fully saturated rings. The average molecular weight is 116 g/mol. The summed E-state index contributed by atoms with van der Waals surface area (Å²) >= 11 is 0. The zero-order valence-corrected chi connectivity index (χ0v) is 3.84. The molecule has 0 bridgehead atoms. The van der Waals surface area contributed by atoms with E-state index in [9.17, 15) is 10.1 Å². The Morgan fingerprint density at radius 3 is 2.50 bits per heavy atom. The fourth-order valence-electron chi connectivity index (χ4n) is 0.121. The third-order valence-corrected chi connectivity index (χ3v) is 0.391. The quantitative estimate of drug-likeness (QED) is 0.184. The monoisotopic (exact) mass is 116 g/mol. The van der Waals surface area contributed by atoms with Crippen molar-refractivity contribution in [2.45, 2.75) is 0 Å². The Hall–Kier alpha value is -1.46. The first-order valence-corrected chi connectivity index (χ1v) is 1.67. The number of hydrogen-bond acceptors (Lipinski definition) is 4. The van der Waals surface area contributed by atoms with Gasteiger partial charge in [-0.05, 0) is 4.92 Å². The van der Waals surface area contributed by atoms with Crippen LogP contribution in [0, 0.1) is 20.9 Å². The van der Waals surface area contributed by atoms with Gasteiger partial charge in [0, 0.05) is 0 Å². The molecule has 44 valence electrons. The first-order chi connectivity index (χ1) is 3.68. The molecule has 0 aromatic heterocycles. The second-order valence-electron chi connectivity index (χ2n) is 0.894. The van der Waals surface area contributed by atoms with Gasteiger partial charge in [0.25, 0.3) is 0 Å². The van der Waals surface area contributed by atoms with Crippen LogP contribution in [0.4, 0.5) is 0 Å². The summed E-state index contributed by atoms with van der Waals surface area (Å²) in [6.45, 7) is 0. The maximum atomic E-state index is 9.50. The first kappa shape index (κ1) is 6.54. The van der Waals surface area contributed by atoms with E-state index in [4.69, 9.17) is 10.8 Å². The van der Waals surface area contributed by atoms with Crippen LogP contribution >= 0.6 is 0 Å². The SMILES string of the molecule is N=CNC(=N)[N+](=O)[O-]. The average Bonchev–Trinajstić information content (AvgIpc) is 1.67. The second-order valence-corrected chi connectivity index (χ2v) is 0.894. The summed E-state index contributed by atoms with van der Waals surface area (Å²) in [5, 5.41) is 23.9. The van der Waals surface area contributed by atoms with Crippen molar-refractivity contribution in [3.05, 3.63) is 10.1 Å². The largest absolute Gasteiger partial charge is 0.425 e. The van der Waals surface area contributed by atoms with E-state index in [2.05, 4.69) is 0 Å². The fourth-order valence-corrected chi connectivity index (χ4v) is 0.121. The molecule has 0 amide bonds. The number of guanidine groups is 1. The van der Waals surface area contributed by atoms with E-state index in [-0.39, 0.29) is 0 Å². The third kappa shape index (κ3) is 1.85. The number of rotatable bonds is 1. The van der Waals surface area contributed by atoms with Crippen molar-refractivity contribution in [2.75, 3.05) is 0 Å². The van der Waals surface area contributed by atoms with Gasteiger partial charge in [0.15, 0.2) is 0 Å². The molecule has 0 atom stereocenters. The number of nitro groups is 1. The molecule has 0 heterocycles. The third-order valence-electron chi connectivity index (χ3n) is 0.391. The van der Waals surface area contributed by atoms with Crippen molar-refractivity contribution in [2.24, 2.45) is 0 Å². The Morgan fingerprint density at radius 2 is 2.38 bits per heavy atom. The van der Waals surface area contributed by atoms with E-state index in [0.29, 0.717) is 6.34 Å². The lowest BCUT2D eigenvalue weighted by Gasteiger charge is -1.91. The highest BCUT2D eigenvalue weighted by atomic mass is 16.6. The smallest absolute Gasteiger partial charge is 0.390 e. The molecule has 0 spiro atoms. The lowest BCUT2D eigenvalue weighted by atomic mass is 11.0. The van der Waals surface area contributed by atoms with E-state index in [0.717, 1.165) is 0 Å². The van der Waals surface area contributed by atoms with Crippen LogP contribution in [0.5, 0.6) is 0 Å². The van der Waals surface area contributed by atoms with Crippen molar-refractivity contribution < 1.29 is 4.92 Å². The Morgan fingerprint density at radius 1 is 1.88 bits per heavy atom. The standard InChI is InChI=1S/C2H4N4O2/c3-1-5-2(4)6(7)8/h1H,(H3,3,4,5). The zero-order valence-electron chi connectivity index (χ0n) is 3.84. The van der Waals surface area contributed by atoms with Gasteiger partial charge >= 0.3 is 5.96 Å². The molecular formula is C2H4N4O2. The molecule has 6 heteroatoms. The minimum absolute atomic E-state index is 0.575. The number of nitrogens with one attached hydrogen (secondary N) is 3. The molecule has 0 saturated carbocycles. The van der Waals surface area contributed by atoms with Gasteiger partial charge in [-0.1, -0.05) is 0 Å². The molecule has 0 radical (unpaired) electrons. The molecule has 0 aromatic rings.